The maximum Gasteiger partial charge on any atom is 0.460 e. The van der Waals surface area contributed by atoms with E-state index in [1.807, 2.05) is 0 Å². The van der Waals surface area contributed by atoms with Crippen LogP contribution in [0.4, 0.5) is 61.5 Å². The van der Waals surface area contributed by atoms with Crippen molar-refractivity contribution in [2.45, 2.75) is 50.8 Å². The van der Waals surface area contributed by atoms with Gasteiger partial charge in [-0.15, -0.1) is 44.8 Å². The molecular formula is C15H6Cl6F14Si. The third kappa shape index (κ3) is 4.74. The standard InChI is InChI=1S/C15H6Cl6F14Si/c16-10(14(17,18)36(19,20)21,11(27,28)12(29,30)13(31,32)15(33,34)35)9(25,26)7(22)8(23,24)6-4-2-1-3-5-6/h1-5,7H. The first-order chi connectivity index (χ1) is 15.5. The number of rotatable bonds is 9. The normalized spacial score (nSPS) is 18.1. The molecule has 0 nitrogen and oxygen atoms in total. The molecule has 0 heterocycles. The molecule has 0 aliphatic heterocycles. The smallest absolute Gasteiger partial charge is 0.234 e. The van der Waals surface area contributed by atoms with E-state index in [4.69, 9.17) is 68.0 Å². The maximum absolute atomic E-state index is 15.1. The summed E-state index contributed by atoms with van der Waals surface area (Å²) in [6.45, 7) is 0. The van der Waals surface area contributed by atoms with Crippen LogP contribution < -0.4 is 0 Å². The molecule has 0 spiro atoms. The average molecular weight is 693 g/mol. The molecule has 0 N–H and O–H groups in total. The largest absolute Gasteiger partial charge is 0.460 e. The molecule has 1 aromatic rings. The van der Waals surface area contributed by atoms with Gasteiger partial charge in [-0.3, -0.25) is 0 Å². The van der Waals surface area contributed by atoms with Crippen molar-refractivity contribution >= 4 is 74.0 Å². The Morgan fingerprint density at radius 2 is 1.00 bits per heavy atom. The van der Waals surface area contributed by atoms with Crippen LogP contribution in [-0.4, -0.2) is 50.9 Å². The molecule has 21 heteroatoms. The van der Waals surface area contributed by atoms with Crippen LogP contribution in [0.2, 0.25) is 0 Å². The second-order valence-corrected chi connectivity index (χ2v) is 18.0. The molecule has 1 rings (SSSR count). The van der Waals surface area contributed by atoms with E-state index in [2.05, 4.69) is 0 Å². The Morgan fingerprint density at radius 3 is 1.33 bits per heavy atom. The van der Waals surface area contributed by atoms with Gasteiger partial charge in [0.1, 0.15) is 0 Å². The average Bonchev–Trinajstić information content (AvgIpc) is 2.70. The van der Waals surface area contributed by atoms with Crippen LogP contribution in [0.3, 0.4) is 0 Å². The SMILES string of the molecule is FC(C(F)(F)c1ccccc1)C(F)(F)C(Cl)(C(F)(F)C(F)(F)C(F)(F)C(F)(F)F)C(Cl)(Cl)[Si](Cl)(Cl)Cl. The summed E-state index contributed by atoms with van der Waals surface area (Å²) >= 11 is 30.2. The highest BCUT2D eigenvalue weighted by Gasteiger charge is 2.95. The summed E-state index contributed by atoms with van der Waals surface area (Å²) in [4.78, 5) is -6.59. The highest BCUT2D eigenvalue weighted by molar-refractivity contribution is 7.68. The fraction of sp³-hybridized carbons (Fsp3) is 0.600. The first kappa shape index (κ1) is 34.2. The van der Waals surface area contributed by atoms with Crippen molar-refractivity contribution in [1.82, 2.24) is 0 Å². The Hall–Kier alpha value is 0.197. The summed E-state index contributed by atoms with van der Waals surface area (Å²) in [6, 6.07) is -3.25. The molecule has 36 heavy (non-hydrogen) atoms. The highest BCUT2D eigenvalue weighted by atomic mass is 35.8. The number of hydrogen-bond acceptors (Lipinski definition) is 0. The zero-order valence-electron chi connectivity index (χ0n) is 16.0. The lowest BCUT2D eigenvalue weighted by molar-refractivity contribution is -0.409. The minimum absolute atomic E-state index is 0.224. The summed E-state index contributed by atoms with van der Waals surface area (Å²) in [5, 5.41) is 0. The molecule has 0 aliphatic rings. The van der Waals surface area contributed by atoms with Crippen molar-refractivity contribution in [3.8, 4) is 0 Å². The fourth-order valence-corrected chi connectivity index (χ4v) is 6.17. The molecule has 0 radical (unpaired) electrons. The van der Waals surface area contributed by atoms with Gasteiger partial charge < -0.3 is 0 Å². The van der Waals surface area contributed by atoms with Gasteiger partial charge in [0.2, 0.25) is 11.0 Å². The number of alkyl halides is 17. The minimum Gasteiger partial charge on any atom is -0.234 e. The number of hydrogen-bond donors (Lipinski definition) is 0. The lowest BCUT2D eigenvalue weighted by atomic mass is 9.82. The van der Waals surface area contributed by atoms with Crippen molar-refractivity contribution in [1.29, 1.82) is 0 Å². The van der Waals surface area contributed by atoms with E-state index in [0.717, 1.165) is 6.07 Å². The third-order valence-electron chi connectivity index (χ3n) is 4.62. The van der Waals surface area contributed by atoms with Gasteiger partial charge in [-0.1, -0.05) is 53.5 Å². The Balaban J connectivity index is 4.12. The van der Waals surface area contributed by atoms with E-state index < -0.39 is 62.4 Å². The molecule has 0 amide bonds. The van der Waals surface area contributed by atoms with Crippen LogP contribution in [0.25, 0.3) is 0 Å². The van der Waals surface area contributed by atoms with Gasteiger partial charge in [0.05, 0.1) is 0 Å². The quantitative estimate of drug-likeness (QED) is 0.105. The van der Waals surface area contributed by atoms with Gasteiger partial charge in [0.15, 0.2) is 3.96 Å². The molecule has 0 fully saturated rings. The van der Waals surface area contributed by atoms with Crippen molar-refractivity contribution in [2.24, 2.45) is 0 Å². The minimum atomic E-state index is -8.08. The van der Waals surface area contributed by atoms with Crippen LogP contribution in [0.1, 0.15) is 5.56 Å². The summed E-state index contributed by atoms with van der Waals surface area (Å²) in [5.74, 6) is -36.6. The second kappa shape index (κ2) is 9.68. The molecule has 1 aromatic carbocycles. The Morgan fingerprint density at radius 1 is 0.611 bits per heavy atom. The Labute approximate surface area is 221 Å². The molecule has 0 aliphatic carbocycles. The predicted molar refractivity (Wildman–Crippen MR) is 107 cm³/mol. The zero-order valence-corrected chi connectivity index (χ0v) is 21.6. The van der Waals surface area contributed by atoms with Gasteiger partial charge >= 0.3 is 41.8 Å². The predicted octanol–water partition coefficient (Wildman–Crippen LogP) is 9.57. The first-order valence-corrected chi connectivity index (χ1v) is 14.5. The lowest BCUT2D eigenvalue weighted by Gasteiger charge is -2.52. The molecule has 2 unspecified atom stereocenters. The van der Waals surface area contributed by atoms with Crippen LogP contribution >= 0.6 is 68.0 Å². The Kier molecular flexibility index (Phi) is 9.21. The van der Waals surface area contributed by atoms with Crippen LogP contribution in [-0.2, 0) is 5.92 Å². The first-order valence-electron chi connectivity index (χ1n) is 8.30. The molecule has 0 bridgehead atoms. The summed E-state index contributed by atoms with van der Waals surface area (Å²) in [7, 11) is 0. The fourth-order valence-electron chi connectivity index (χ4n) is 2.61. The number of halogens is 20. The van der Waals surface area contributed by atoms with Crippen molar-refractivity contribution in [2.75, 3.05) is 0 Å². The van der Waals surface area contributed by atoms with Crippen LogP contribution in [0, 0.1) is 0 Å². The zero-order chi connectivity index (χ0) is 29.2. The van der Waals surface area contributed by atoms with Gasteiger partial charge in [-0.05, 0) is 0 Å². The number of benzene rings is 1. The van der Waals surface area contributed by atoms with Crippen LogP contribution in [0.15, 0.2) is 30.3 Å². The topological polar surface area (TPSA) is 0 Å². The highest BCUT2D eigenvalue weighted by Crippen LogP contribution is 2.69. The lowest BCUT2D eigenvalue weighted by Crippen LogP contribution is -2.80. The monoisotopic (exact) mass is 690 g/mol. The second-order valence-electron chi connectivity index (χ2n) is 6.93. The summed E-state index contributed by atoms with van der Waals surface area (Å²) < 4.78 is 191. The van der Waals surface area contributed by atoms with E-state index in [0.29, 0.717) is 12.1 Å². The summed E-state index contributed by atoms with van der Waals surface area (Å²) in [5.41, 5.74) is -1.74. The van der Waals surface area contributed by atoms with Crippen molar-refractivity contribution in [3.05, 3.63) is 35.9 Å². The molecule has 0 saturated carbocycles. The third-order valence-corrected chi connectivity index (χ3v) is 13.4. The van der Waals surface area contributed by atoms with E-state index in [1.165, 1.54) is 0 Å². The van der Waals surface area contributed by atoms with E-state index in [1.54, 1.807) is 0 Å². The van der Waals surface area contributed by atoms with Crippen LogP contribution in [0.5, 0.6) is 0 Å². The van der Waals surface area contributed by atoms with Crippen molar-refractivity contribution in [3.63, 3.8) is 0 Å². The van der Waals surface area contributed by atoms with Gasteiger partial charge in [-0.2, -0.15) is 48.3 Å². The molecule has 210 valence electrons. The van der Waals surface area contributed by atoms with Gasteiger partial charge in [0.25, 0.3) is 0 Å². The van der Waals surface area contributed by atoms with Gasteiger partial charge in [-0.25, -0.2) is 13.2 Å². The summed E-state index contributed by atoms with van der Waals surface area (Å²) in [6.07, 6.45) is -13.1. The molecule has 0 saturated heterocycles. The molecular weight excluding hydrogens is 687 g/mol. The van der Waals surface area contributed by atoms with E-state index in [-0.39, 0.29) is 12.1 Å². The molecule has 2 atom stereocenters. The van der Waals surface area contributed by atoms with Crippen molar-refractivity contribution < 1.29 is 61.5 Å². The Bertz CT molecular complexity index is 933. The van der Waals surface area contributed by atoms with E-state index in [9.17, 15) is 52.7 Å². The van der Waals surface area contributed by atoms with Gasteiger partial charge in [0, 0.05) is 5.56 Å². The van der Waals surface area contributed by atoms with E-state index >= 15 is 8.78 Å². The maximum atomic E-state index is 15.1. The molecule has 0 aromatic heterocycles.